The lowest BCUT2D eigenvalue weighted by molar-refractivity contribution is -0.132. The van der Waals surface area contributed by atoms with Crippen LogP contribution >= 0.6 is 23.2 Å². The van der Waals surface area contributed by atoms with E-state index in [4.69, 9.17) is 23.2 Å². The van der Waals surface area contributed by atoms with Gasteiger partial charge in [0.2, 0.25) is 0 Å². The molecule has 1 aliphatic carbocycles. The van der Waals surface area contributed by atoms with Gasteiger partial charge in [-0.05, 0) is 37.5 Å². The maximum absolute atomic E-state index is 13.0. The quantitative estimate of drug-likeness (QED) is 0.740. The lowest BCUT2D eigenvalue weighted by atomic mass is 9.74. The Balaban J connectivity index is 2.08. The first-order valence-corrected chi connectivity index (χ1v) is 8.90. The van der Waals surface area contributed by atoms with Crippen molar-refractivity contribution in [1.82, 2.24) is 9.88 Å². The number of pyridine rings is 1. The van der Waals surface area contributed by atoms with Gasteiger partial charge in [0.15, 0.2) is 5.78 Å². The summed E-state index contributed by atoms with van der Waals surface area (Å²) in [5.74, 6) is -0.260. The summed E-state index contributed by atoms with van der Waals surface area (Å²) in [4.78, 5) is 31.5. The van der Waals surface area contributed by atoms with E-state index in [1.807, 2.05) is 18.2 Å². The van der Waals surface area contributed by atoms with Crippen LogP contribution in [0.1, 0.15) is 41.6 Å². The van der Waals surface area contributed by atoms with Crippen molar-refractivity contribution in [2.75, 3.05) is 7.05 Å². The number of nitrogens with zero attached hydrogens (tertiary/aromatic N) is 2. The van der Waals surface area contributed by atoms with Crippen LogP contribution in [-0.2, 0) is 10.3 Å². The molecule has 0 bridgehead atoms. The van der Waals surface area contributed by atoms with Crippen molar-refractivity contribution in [1.29, 1.82) is 0 Å². The molecular formula is C19H18Cl2N2O2. The summed E-state index contributed by atoms with van der Waals surface area (Å²) in [5.41, 5.74) is 0.0173. The first-order chi connectivity index (χ1) is 12.0. The van der Waals surface area contributed by atoms with Gasteiger partial charge in [-0.15, -0.1) is 0 Å². The zero-order valence-corrected chi connectivity index (χ0v) is 15.3. The van der Waals surface area contributed by atoms with Crippen LogP contribution < -0.4 is 0 Å². The Hall–Kier alpha value is -1.91. The highest BCUT2D eigenvalue weighted by Crippen LogP contribution is 2.42. The standard InChI is InChI=1S/C19H18Cl2N2O2/c1-23(18(25)13-9-10-17(21)22-12-13)19(11-5-4-8-16(19)24)14-6-2-3-7-15(14)20/h2-3,6-7,9-10,12H,4-5,8,11H2,1H3/t19-/m1/s1. The molecule has 1 amide bonds. The molecule has 1 saturated carbocycles. The molecule has 1 aromatic heterocycles. The zero-order chi connectivity index (χ0) is 18.0. The number of benzene rings is 1. The highest BCUT2D eigenvalue weighted by Gasteiger charge is 2.48. The van der Waals surface area contributed by atoms with Crippen molar-refractivity contribution < 1.29 is 9.59 Å². The van der Waals surface area contributed by atoms with Crippen LogP contribution in [0.4, 0.5) is 0 Å². The topological polar surface area (TPSA) is 50.3 Å². The van der Waals surface area contributed by atoms with Gasteiger partial charge < -0.3 is 4.90 Å². The summed E-state index contributed by atoms with van der Waals surface area (Å²) in [6.45, 7) is 0. The molecule has 130 valence electrons. The fourth-order valence-electron chi connectivity index (χ4n) is 3.50. The molecule has 0 radical (unpaired) electrons. The fraction of sp³-hybridized carbons (Fsp3) is 0.316. The Kier molecular flexibility index (Phi) is 5.11. The highest BCUT2D eigenvalue weighted by molar-refractivity contribution is 6.32. The van der Waals surface area contributed by atoms with Gasteiger partial charge in [0.1, 0.15) is 10.7 Å². The van der Waals surface area contributed by atoms with Gasteiger partial charge in [0.25, 0.3) is 5.91 Å². The van der Waals surface area contributed by atoms with Gasteiger partial charge in [-0.1, -0.05) is 41.4 Å². The molecule has 0 saturated heterocycles. The van der Waals surface area contributed by atoms with Crippen molar-refractivity contribution in [2.45, 2.75) is 31.2 Å². The van der Waals surface area contributed by atoms with Crippen molar-refractivity contribution in [3.8, 4) is 0 Å². The van der Waals surface area contributed by atoms with E-state index in [-0.39, 0.29) is 11.7 Å². The summed E-state index contributed by atoms with van der Waals surface area (Å²) in [6, 6.07) is 10.4. The number of carbonyl (C=O) groups excluding carboxylic acids is 2. The fourth-order valence-corrected chi connectivity index (χ4v) is 3.90. The minimum Gasteiger partial charge on any atom is -0.325 e. The third-order valence-corrected chi connectivity index (χ3v) is 5.38. The molecular weight excluding hydrogens is 359 g/mol. The molecule has 1 atom stereocenters. The Morgan fingerprint density at radius 3 is 2.56 bits per heavy atom. The number of hydrogen-bond donors (Lipinski definition) is 0. The zero-order valence-electron chi connectivity index (χ0n) is 13.8. The highest BCUT2D eigenvalue weighted by atomic mass is 35.5. The van der Waals surface area contributed by atoms with E-state index in [2.05, 4.69) is 4.98 Å². The molecule has 1 aliphatic rings. The average molecular weight is 377 g/mol. The van der Waals surface area contributed by atoms with Crippen molar-refractivity contribution in [3.63, 3.8) is 0 Å². The van der Waals surface area contributed by atoms with Gasteiger partial charge in [0, 0.05) is 30.3 Å². The summed E-state index contributed by atoms with van der Waals surface area (Å²) in [5, 5.41) is 0.806. The van der Waals surface area contributed by atoms with Crippen LogP contribution in [-0.4, -0.2) is 28.6 Å². The molecule has 3 rings (SSSR count). The van der Waals surface area contributed by atoms with Crippen molar-refractivity contribution in [2.24, 2.45) is 0 Å². The van der Waals surface area contributed by atoms with Crippen molar-refractivity contribution >= 4 is 34.9 Å². The van der Waals surface area contributed by atoms with E-state index in [0.29, 0.717) is 34.1 Å². The number of hydrogen-bond acceptors (Lipinski definition) is 3. The van der Waals surface area contributed by atoms with E-state index in [1.165, 1.54) is 11.1 Å². The smallest absolute Gasteiger partial charge is 0.256 e. The van der Waals surface area contributed by atoms with E-state index in [9.17, 15) is 9.59 Å². The predicted molar refractivity (Wildman–Crippen MR) is 97.9 cm³/mol. The molecule has 0 N–H and O–H groups in total. The van der Waals surface area contributed by atoms with Crippen LogP contribution in [0, 0.1) is 0 Å². The summed E-state index contributed by atoms with van der Waals surface area (Å²) >= 11 is 12.2. The molecule has 1 aromatic carbocycles. The molecule has 1 fully saturated rings. The van der Waals surface area contributed by atoms with Gasteiger partial charge in [-0.25, -0.2) is 4.98 Å². The minimum absolute atomic E-state index is 0.0182. The van der Waals surface area contributed by atoms with Crippen LogP contribution in [0.3, 0.4) is 0 Å². The largest absolute Gasteiger partial charge is 0.325 e. The molecule has 0 aliphatic heterocycles. The predicted octanol–water partition coefficient (Wildman–Crippen LogP) is 4.50. The summed E-state index contributed by atoms with van der Waals surface area (Å²) in [6.07, 6.45) is 4.10. The average Bonchev–Trinajstić information content (AvgIpc) is 2.62. The Labute approximate surface area is 156 Å². The van der Waals surface area contributed by atoms with Gasteiger partial charge in [-0.3, -0.25) is 9.59 Å². The maximum Gasteiger partial charge on any atom is 0.256 e. The SMILES string of the molecule is CN(C(=O)c1ccc(Cl)nc1)[C@@]1(c2ccccc2Cl)CCCCC1=O. The second-order valence-electron chi connectivity index (χ2n) is 6.20. The normalized spacial score (nSPS) is 20.4. The molecule has 1 heterocycles. The molecule has 0 unspecified atom stereocenters. The minimum atomic E-state index is -1.05. The number of rotatable bonds is 3. The summed E-state index contributed by atoms with van der Waals surface area (Å²) in [7, 11) is 1.66. The molecule has 2 aromatic rings. The Morgan fingerprint density at radius 2 is 1.92 bits per heavy atom. The molecule has 25 heavy (non-hydrogen) atoms. The number of ketones is 1. The molecule has 4 nitrogen and oxygen atoms in total. The van der Waals surface area contributed by atoms with Crippen LogP contribution in [0.15, 0.2) is 42.6 Å². The number of amides is 1. The van der Waals surface area contributed by atoms with E-state index in [1.54, 1.807) is 25.2 Å². The second-order valence-corrected chi connectivity index (χ2v) is 7.00. The third kappa shape index (κ3) is 3.16. The monoisotopic (exact) mass is 376 g/mol. The maximum atomic E-state index is 13.0. The van der Waals surface area contributed by atoms with Crippen LogP contribution in [0.25, 0.3) is 0 Å². The van der Waals surface area contributed by atoms with E-state index in [0.717, 1.165) is 12.8 Å². The van der Waals surface area contributed by atoms with Gasteiger partial charge in [0.05, 0.1) is 5.56 Å². The van der Waals surface area contributed by atoms with Gasteiger partial charge >= 0.3 is 0 Å². The van der Waals surface area contributed by atoms with Crippen LogP contribution in [0.5, 0.6) is 0 Å². The number of likely N-dealkylation sites (N-methyl/N-ethyl adjacent to an activating group) is 1. The first-order valence-electron chi connectivity index (χ1n) is 8.15. The number of Topliss-reactive ketones (excluding diaryl/α,β-unsaturated/α-hetero) is 1. The van der Waals surface area contributed by atoms with Crippen molar-refractivity contribution in [3.05, 3.63) is 63.9 Å². The number of aromatic nitrogens is 1. The summed E-state index contributed by atoms with van der Waals surface area (Å²) < 4.78 is 0. The molecule has 6 heteroatoms. The first kappa shape index (κ1) is 17.9. The lowest BCUT2D eigenvalue weighted by Crippen LogP contribution is -2.54. The van der Waals surface area contributed by atoms with E-state index < -0.39 is 5.54 Å². The Bertz CT molecular complexity index is 807. The Morgan fingerprint density at radius 1 is 1.16 bits per heavy atom. The number of halogens is 2. The second kappa shape index (κ2) is 7.14. The lowest BCUT2D eigenvalue weighted by Gasteiger charge is -2.44. The van der Waals surface area contributed by atoms with Crippen LogP contribution in [0.2, 0.25) is 10.2 Å². The third-order valence-electron chi connectivity index (χ3n) is 4.82. The van der Waals surface area contributed by atoms with Gasteiger partial charge in [-0.2, -0.15) is 0 Å². The van der Waals surface area contributed by atoms with E-state index >= 15 is 0 Å². The molecule has 0 spiro atoms. The number of carbonyl (C=O) groups is 2.